The number of rotatable bonds is 0. The van der Waals surface area contributed by atoms with Crippen LogP contribution in [0.4, 0.5) is 0 Å². The first-order valence-corrected chi connectivity index (χ1v) is 3.29. The first-order valence-electron chi connectivity index (χ1n) is 3.29. The zero-order valence-electron chi connectivity index (χ0n) is 5.49. The van der Waals surface area contributed by atoms with E-state index in [-0.39, 0.29) is 0 Å². The van der Waals surface area contributed by atoms with Gasteiger partial charge in [0, 0.05) is 0 Å². The van der Waals surface area contributed by atoms with Gasteiger partial charge in [-0.3, -0.25) is 0 Å². The van der Waals surface area contributed by atoms with Gasteiger partial charge in [-0.25, -0.2) is 0 Å². The quantitative estimate of drug-likeness (QED) is 0.527. The minimum atomic E-state index is -0.797. The molecule has 0 saturated carbocycles. The lowest BCUT2D eigenvalue weighted by Gasteiger charge is -2.20. The molecule has 0 aliphatic heterocycles. The van der Waals surface area contributed by atoms with Gasteiger partial charge in [0.15, 0.2) is 0 Å². The van der Waals surface area contributed by atoms with E-state index < -0.39 is 5.60 Å². The molecule has 10 heavy (non-hydrogen) atoms. The number of hydrogen-bond acceptors (Lipinski definition) is 1. The molecule has 0 radical (unpaired) electrons. The minimum Gasteiger partial charge on any atom is -0.377 e. The molecule has 2 aliphatic rings. The first kappa shape index (κ1) is 5.69. The Bertz CT molecular complexity index is 268. The summed E-state index contributed by atoms with van der Waals surface area (Å²) in [5.41, 5.74) is 0.157. The molecule has 1 unspecified atom stereocenters. The highest BCUT2D eigenvalue weighted by Crippen LogP contribution is 2.29. The third kappa shape index (κ3) is 0.611. The summed E-state index contributed by atoms with van der Waals surface area (Å²) in [6.45, 7) is 0. The van der Waals surface area contributed by atoms with Gasteiger partial charge in [0.1, 0.15) is 5.60 Å². The Kier molecular flexibility index (Phi) is 0.969. The zero-order chi connectivity index (χ0) is 7.03. The molecule has 2 aliphatic carbocycles. The van der Waals surface area contributed by atoms with E-state index in [0.29, 0.717) is 0 Å². The van der Waals surface area contributed by atoms with Crippen LogP contribution in [0.25, 0.3) is 0 Å². The predicted molar refractivity (Wildman–Crippen MR) is 40.5 cm³/mol. The van der Waals surface area contributed by atoms with Crippen LogP contribution < -0.4 is 0 Å². The molecule has 0 fully saturated rings. The van der Waals surface area contributed by atoms with E-state index in [0.717, 1.165) is 5.57 Å². The van der Waals surface area contributed by atoms with E-state index in [4.69, 9.17) is 0 Å². The van der Waals surface area contributed by atoms with Gasteiger partial charge in [-0.2, -0.15) is 0 Å². The third-order valence-corrected chi connectivity index (χ3v) is 1.83. The van der Waals surface area contributed by atoms with Crippen molar-refractivity contribution in [3.8, 4) is 0 Å². The van der Waals surface area contributed by atoms with Crippen molar-refractivity contribution in [3.05, 3.63) is 48.1 Å². The van der Waals surface area contributed by atoms with E-state index in [1.165, 1.54) is 0 Å². The van der Waals surface area contributed by atoms with E-state index in [2.05, 4.69) is 0 Å². The van der Waals surface area contributed by atoms with Gasteiger partial charge in [-0.15, -0.1) is 0 Å². The summed E-state index contributed by atoms with van der Waals surface area (Å²) in [6.07, 6.45) is 13.0. The second-order valence-electron chi connectivity index (χ2n) is 2.52. The van der Waals surface area contributed by atoms with E-state index in [9.17, 15) is 5.11 Å². The topological polar surface area (TPSA) is 20.2 Å². The highest BCUT2D eigenvalue weighted by molar-refractivity contribution is 5.50. The smallest absolute Gasteiger partial charge is 0.127 e. The lowest BCUT2D eigenvalue weighted by molar-refractivity contribution is 0.187. The molecule has 1 N–H and O–H groups in total. The number of aliphatic hydroxyl groups is 1. The van der Waals surface area contributed by atoms with Crippen LogP contribution >= 0.6 is 0 Å². The molecule has 0 aromatic carbocycles. The third-order valence-electron chi connectivity index (χ3n) is 1.83. The fraction of sp³-hybridized carbons (Fsp3) is 0.111. The molecule has 2 rings (SSSR count). The predicted octanol–water partition coefficient (Wildman–Crippen LogP) is 1.34. The van der Waals surface area contributed by atoms with Crippen LogP contribution in [0, 0.1) is 0 Å². The molecular formula is C9H8O. The van der Waals surface area contributed by atoms with Gasteiger partial charge in [0.05, 0.1) is 0 Å². The lowest BCUT2D eigenvalue weighted by atomic mass is 9.93. The SMILES string of the molecule is OC12C=CC=CC1=CC=C2. The second kappa shape index (κ2) is 1.70. The maximum atomic E-state index is 9.72. The van der Waals surface area contributed by atoms with Crippen molar-refractivity contribution in [2.24, 2.45) is 0 Å². The van der Waals surface area contributed by atoms with Gasteiger partial charge in [-0.05, 0) is 17.7 Å². The molecule has 0 heterocycles. The lowest BCUT2D eigenvalue weighted by Crippen LogP contribution is -2.23. The maximum absolute atomic E-state index is 9.72. The normalized spacial score (nSPS) is 34.3. The Hall–Kier alpha value is -1.08. The summed E-state index contributed by atoms with van der Waals surface area (Å²) < 4.78 is 0. The summed E-state index contributed by atoms with van der Waals surface area (Å²) >= 11 is 0. The van der Waals surface area contributed by atoms with Crippen molar-refractivity contribution in [2.75, 3.05) is 0 Å². The van der Waals surface area contributed by atoms with Crippen LogP contribution in [0.15, 0.2) is 48.1 Å². The highest BCUT2D eigenvalue weighted by atomic mass is 16.3. The van der Waals surface area contributed by atoms with Crippen LogP contribution in [0.5, 0.6) is 0 Å². The molecule has 1 atom stereocenters. The fourth-order valence-electron chi connectivity index (χ4n) is 1.23. The number of fused-ring (bicyclic) bond motifs is 1. The molecule has 0 bridgehead atoms. The summed E-state index contributed by atoms with van der Waals surface area (Å²) in [7, 11) is 0. The Morgan fingerprint density at radius 1 is 1.10 bits per heavy atom. The van der Waals surface area contributed by atoms with Gasteiger partial charge in [0.25, 0.3) is 0 Å². The Morgan fingerprint density at radius 3 is 2.70 bits per heavy atom. The molecule has 50 valence electrons. The van der Waals surface area contributed by atoms with Crippen molar-refractivity contribution in [2.45, 2.75) is 5.60 Å². The van der Waals surface area contributed by atoms with Gasteiger partial charge in [0.2, 0.25) is 0 Å². The van der Waals surface area contributed by atoms with Crippen molar-refractivity contribution >= 4 is 0 Å². The summed E-state index contributed by atoms with van der Waals surface area (Å²) in [6, 6.07) is 0. The van der Waals surface area contributed by atoms with Crippen LogP contribution in [0.1, 0.15) is 0 Å². The van der Waals surface area contributed by atoms with Crippen molar-refractivity contribution in [1.29, 1.82) is 0 Å². The molecule has 0 aromatic heterocycles. The largest absolute Gasteiger partial charge is 0.377 e. The highest BCUT2D eigenvalue weighted by Gasteiger charge is 2.27. The van der Waals surface area contributed by atoms with Gasteiger partial charge in [-0.1, -0.05) is 30.4 Å². The van der Waals surface area contributed by atoms with Crippen LogP contribution in [-0.2, 0) is 0 Å². The minimum absolute atomic E-state index is 0.797. The number of hydrogen-bond donors (Lipinski definition) is 1. The molecule has 0 saturated heterocycles. The second-order valence-corrected chi connectivity index (χ2v) is 2.52. The molecule has 0 spiro atoms. The van der Waals surface area contributed by atoms with E-state index >= 15 is 0 Å². The average molecular weight is 132 g/mol. The molecule has 1 heteroatoms. The fourth-order valence-corrected chi connectivity index (χ4v) is 1.23. The summed E-state index contributed by atoms with van der Waals surface area (Å²) in [5.74, 6) is 0. The van der Waals surface area contributed by atoms with E-state index in [1.54, 1.807) is 12.2 Å². The van der Waals surface area contributed by atoms with Crippen molar-refractivity contribution in [1.82, 2.24) is 0 Å². The zero-order valence-corrected chi connectivity index (χ0v) is 5.49. The maximum Gasteiger partial charge on any atom is 0.127 e. The van der Waals surface area contributed by atoms with Gasteiger partial charge < -0.3 is 5.11 Å². The summed E-state index contributed by atoms with van der Waals surface area (Å²) in [5, 5.41) is 9.72. The Labute approximate surface area is 59.7 Å². The standard InChI is InChI=1S/C9H8O/c10-9-6-2-1-4-8(9)5-3-7-9/h1-7,10H. The average Bonchev–Trinajstić information content (AvgIpc) is 2.29. The monoisotopic (exact) mass is 132 g/mol. The summed E-state index contributed by atoms with van der Waals surface area (Å²) in [4.78, 5) is 0. The Balaban J connectivity index is 2.51. The molecular weight excluding hydrogens is 124 g/mol. The molecule has 0 amide bonds. The van der Waals surface area contributed by atoms with Crippen LogP contribution in [-0.4, -0.2) is 10.7 Å². The number of allylic oxidation sites excluding steroid dienone is 4. The van der Waals surface area contributed by atoms with Crippen molar-refractivity contribution < 1.29 is 5.11 Å². The first-order chi connectivity index (χ1) is 4.81. The van der Waals surface area contributed by atoms with Crippen LogP contribution in [0.3, 0.4) is 0 Å². The molecule has 0 aromatic rings. The van der Waals surface area contributed by atoms with E-state index in [1.807, 2.05) is 30.4 Å². The Morgan fingerprint density at radius 2 is 1.90 bits per heavy atom. The van der Waals surface area contributed by atoms with Gasteiger partial charge >= 0.3 is 0 Å². The molecule has 1 nitrogen and oxygen atoms in total. The van der Waals surface area contributed by atoms with Crippen LogP contribution in [0.2, 0.25) is 0 Å². The van der Waals surface area contributed by atoms with Crippen molar-refractivity contribution in [3.63, 3.8) is 0 Å².